The van der Waals surface area contributed by atoms with Crippen molar-refractivity contribution in [3.05, 3.63) is 0 Å². The van der Waals surface area contributed by atoms with Gasteiger partial charge in [-0.3, -0.25) is 20.2 Å². The van der Waals surface area contributed by atoms with E-state index in [1.165, 1.54) is 0 Å². The van der Waals surface area contributed by atoms with Gasteiger partial charge in [0.2, 0.25) is 11.8 Å². The van der Waals surface area contributed by atoms with Crippen LogP contribution in [-0.2, 0) is 9.59 Å². The van der Waals surface area contributed by atoms with Gasteiger partial charge >= 0.3 is 6.03 Å². The van der Waals surface area contributed by atoms with Gasteiger partial charge in [-0.2, -0.15) is 0 Å². The molecule has 5 nitrogen and oxygen atoms in total. The van der Waals surface area contributed by atoms with Crippen LogP contribution in [0.1, 0.15) is 32.6 Å². The Morgan fingerprint density at radius 3 is 2.14 bits per heavy atom. The maximum atomic E-state index is 11.2. The predicted octanol–water partition coefficient (Wildman–Crippen LogP) is 0.549. The minimum absolute atomic E-state index is 0.477. The summed E-state index contributed by atoms with van der Waals surface area (Å²) < 4.78 is 0. The maximum absolute atomic E-state index is 11.2. The minimum Gasteiger partial charge on any atom is -0.277 e. The molecule has 1 aliphatic heterocycles. The van der Waals surface area contributed by atoms with E-state index in [1.807, 2.05) is 6.92 Å². The van der Waals surface area contributed by atoms with E-state index < -0.39 is 23.8 Å². The lowest BCUT2D eigenvalue weighted by atomic mass is 9.98. The fraction of sp³-hybridized carbons (Fsp3) is 0.667. The van der Waals surface area contributed by atoms with Gasteiger partial charge < -0.3 is 0 Å². The van der Waals surface area contributed by atoms with Crippen molar-refractivity contribution >= 4 is 17.8 Å². The van der Waals surface area contributed by atoms with E-state index in [4.69, 9.17) is 0 Å². The molecule has 0 aromatic heterocycles. The normalized spacial score (nSPS) is 17.9. The van der Waals surface area contributed by atoms with Crippen molar-refractivity contribution in [3.63, 3.8) is 0 Å². The molecule has 0 saturated carbocycles. The number of hydrogen-bond donors (Lipinski definition) is 2. The molecule has 1 aliphatic rings. The summed E-state index contributed by atoms with van der Waals surface area (Å²) in [6.45, 7) is 2.05. The van der Waals surface area contributed by atoms with Crippen LogP contribution in [-0.4, -0.2) is 17.8 Å². The Balaban J connectivity index is 2.46. The molecule has 0 aromatic rings. The summed E-state index contributed by atoms with van der Waals surface area (Å²) in [5.74, 6) is -1.65. The molecule has 1 saturated heterocycles. The Morgan fingerprint density at radius 2 is 1.64 bits per heavy atom. The fourth-order valence-electron chi connectivity index (χ4n) is 1.41. The van der Waals surface area contributed by atoms with Crippen molar-refractivity contribution in [1.29, 1.82) is 0 Å². The number of carbonyl (C=O) groups is 3. The Kier molecular flexibility index (Phi) is 3.62. The number of hydrogen-bond acceptors (Lipinski definition) is 3. The number of barbiturate groups is 1. The molecule has 5 heteroatoms. The number of urea groups is 1. The summed E-state index contributed by atoms with van der Waals surface area (Å²) in [5, 5.41) is 4.15. The molecule has 0 spiro atoms. The molecule has 14 heavy (non-hydrogen) atoms. The predicted molar refractivity (Wildman–Crippen MR) is 49.3 cm³/mol. The highest BCUT2D eigenvalue weighted by Crippen LogP contribution is 2.12. The van der Waals surface area contributed by atoms with Crippen LogP contribution in [0.15, 0.2) is 0 Å². The van der Waals surface area contributed by atoms with E-state index in [2.05, 4.69) is 10.6 Å². The summed E-state index contributed by atoms with van der Waals surface area (Å²) >= 11 is 0. The SMILES string of the molecule is CCCCCC1C(=O)NC(=O)NC1=O. The Morgan fingerprint density at radius 1 is 1.07 bits per heavy atom. The Hall–Kier alpha value is -1.39. The quantitative estimate of drug-likeness (QED) is 0.511. The van der Waals surface area contributed by atoms with E-state index in [9.17, 15) is 14.4 Å². The molecule has 0 aromatic carbocycles. The van der Waals surface area contributed by atoms with E-state index in [0.717, 1.165) is 19.3 Å². The third-order valence-electron chi connectivity index (χ3n) is 2.20. The van der Waals surface area contributed by atoms with Crippen LogP contribution in [0.3, 0.4) is 0 Å². The highest BCUT2D eigenvalue weighted by molar-refractivity contribution is 6.16. The zero-order valence-corrected chi connectivity index (χ0v) is 8.13. The highest BCUT2D eigenvalue weighted by atomic mass is 16.2. The number of carbonyl (C=O) groups excluding carboxylic acids is 3. The van der Waals surface area contributed by atoms with Crippen LogP contribution >= 0.6 is 0 Å². The number of amides is 4. The van der Waals surface area contributed by atoms with Gasteiger partial charge in [-0.05, 0) is 6.42 Å². The summed E-state index contributed by atoms with van der Waals surface area (Å²) in [5.41, 5.74) is 0. The average molecular weight is 198 g/mol. The van der Waals surface area contributed by atoms with Crippen LogP contribution < -0.4 is 10.6 Å². The molecule has 78 valence electrons. The van der Waals surface area contributed by atoms with Gasteiger partial charge in [0, 0.05) is 0 Å². The number of nitrogens with one attached hydrogen (secondary N) is 2. The first kappa shape index (κ1) is 10.7. The Labute approximate surface area is 82.2 Å². The van der Waals surface area contributed by atoms with Gasteiger partial charge in [0.15, 0.2) is 0 Å². The van der Waals surface area contributed by atoms with E-state index >= 15 is 0 Å². The van der Waals surface area contributed by atoms with Gasteiger partial charge in [-0.1, -0.05) is 26.2 Å². The van der Waals surface area contributed by atoms with Gasteiger partial charge in [-0.25, -0.2) is 4.79 Å². The lowest BCUT2D eigenvalue weighted by molar-refractivity contribution is -0.136. The van der Waals surface area contributed by atoms with Gasteiger partial charge in [-0.15, -0.1) is 0 Å². The monoisotopic (exact) mass is 198 g/mol. The van der Waals surface area contributed by atoms with Crippen molar-refractivity contribution < 1.29 is 14.4 Å². The standard InChI is InChI=1S/C9H14N2O3/c1-2-3-4-5-6-7(12)10-9(14)11-8(6)13/h6H,2-5H2,1H3,(H2,10,11,12,13,14). The van der Waals surface area contributed by atoms with Crippen molar-refractivity contribution in [2.45, 2.75) is 32.6 Å². The molecule has 4 amide bonds. The van der Waals surface area contributed by atoms with Crippen LogP contribution in [0.5, 0.6) is 0 Å². The Bertz CT molecular complexity index is 243. The molecule has 1 fully saturated rings. The summed E-state index contributed by atoms with van der Waals surface area (Å²) in [7, 11) is 0. The van der Waals surface area contributed by atoms with E-state index in [-0.39, 0.29) is 0 Å². The first-order valence-corrected chi connectivity index (χ1v) is 4.81. The maximum Gasteiger partial charge on any atom is 0.328 e. The number of rotatable bonds is 4. The van der Waals surface area contributed by atoms with Crippen LogP contribution in [0.4, 0.5) is 4.79 Å². The smallest absolute Gasteiger partial charge is 0.277 e. The third kappa shape index (κ3) is 2.55. The van der Waals surface area contributed by atoms with Crippen molar-refractivity contribution in [2.24, 2.45) is 5.92 Å². The second-order valence-electron chi connectivity index (χ2n) is 3.36. The van der Waals surface area contributed by atoms with Crippen molar-refractivity contribution in [1.82, 2.24) is 10.6 Å². The van der Waals surface area contributed by atoms with E-state index in [0.29, 0.717) is 6.42 Å². The van der Waals surface area contributed by atoms with Crippen LogP contribution in [0.25, 0.3) is 0 Å². The summed E-state index contributed by atoms with van der Waals surface area (Å²) in [4.78, 5) is 33.1. The first-order valence-electron chi connectivity index (χ1n) is 4.81. The molecule has 0 radical (unpaired) electrons. The molecule has 0 unspecified atom stereocenters. The minimum atomic E-state index is -0.716. The van der Waals surface area contributed by atoms with E-state index in [1.54, 1.807) is 0 Å². The summed E-state index contributed by atoms with van der Waals surface area (Å²) in [6.07, 6.45) is 3.37. The van der Waals surface area contributed by atoms with Gasteiger partial charge in [0.1, 0.15) is 5.92 Å². The molecule has 2 N–H and O–H groups in total. The number of imide groups is 2. The molecule has 0 aliphatic carbocycles. The zero-order valence-electron chi connectivity index (χ0n) is 8.13. The summed E-state index contributed by atoms with van der Waals surface area (Å²) in [6, 6.07) is -0.716. The molecule has 1 rings (SSSR count). The second kappa shape index (κ2) is 4.74. The molecule has 0 atom stereocenters. The lowest BCUT2D eigenvalue weighted by Gasteiger charge is -2.20. The molecular formula is C9H14N2O3. The highest BCUT2D eigenvalue weighted by Gasteiger charge is 2.33. The van der Waals surface area contributed by atoms with Crippen LogP contribution in [0, 0.1) is 5.92 Å². The fourth-order valence-corrected chi connectivity index (χ4v) is 1.41. The van der Waals surface area contributed by atoms with Gasteiger partial charge in [0.25, 0.3) is 0 Å². The first-order chi connectivity index (χ1) is 6.65. The van der Waals surface area contributed by atoms with Crippen LogP contribution in [0.2, 0.25) is 0 Å². The molecule has 0 bridgehead atoms. The van der Waals surface area contributed by atoms with Gasteiger partial charge in [0.05, 0.1) is 0 Å². The molecular weight excluding hydrogens is 184 g/mol. The topological polar surface area (TPSA) is 75.3 Å². The second-order valence-corrected chi connectivity index (χ2v) is 3.36. The largest absolute Gasteiger partial charge is 0.328 e. The molecule has 1 heterocycles. The lowest BCUT2D eigenvalue weighted by Crippen LogP contribution is -2.55. The zero-order chi connectivity index (χ0) is 10.6. The third-order valence-corrected chi connectivity index (χ3v) is 2.20. The number of unbranched alkanes of at least 4 members (excludes halogenated alkanes) is 2. The van der Waals surface area contributed by atoms with Crippen molar-refractivity contribution in [2.75, 3.05) is 0 Å². The average Bonchev–Trinajstić information content (AvgIpc) is 2.09. The van der Waals surface area contributed by atoms with Crippen molar-refractivity contribution in [3.8, 4) is 0 Å².